The molecule has 2 rings (SSSR count). The third kappa shape index (κ3) is 2.68. The fraction of sp³-hybridized carbons (Fsp3) is 0.500. The maximum atomic E-state index is 5.57. The Morgan fingerprint density at radius 3 is 3.00 bits per heavy atom. The molecule has 92 valence electrons. The summed E-state index contributed by atoms with van der Waals surface area (Å²) in [5, 5.41) is 4.41. The zero-order valence-electron chi connectivity index (χ0n) is 9.92. The molecular formula is C10H16N6S. The Balaban J connectivity index is 2.18. The molecule has 0 saturated carbocycles. The minimum Gasteiger partial charge on any atom is -0.271 e. The summed E-state index contributed by atoms with van der Waals surface area (Å²) < 4.78 is 10.2. The molecule has 0 aliphatic heterocycles. The van der Waals surface area contributed by atoms with Crippen molar-refractivity contribution in [1.29, 1.82) is 0 Å². The van der Waals surface area contributed by atoms with Gasteiger partial charge in [0.2, 0.25) is 0 Å². The van der Waals surface area contributed by atoms with E-state index in [1.165, 1.54) is 11.7 Å². The fourth-order valence-electron chi connectivity index (χ4n) is 1.82. The SMILES string of the molecule is CCn1nc(C)cc1CC(NN)c1cnsn1. The van der Waals surface area contributed by atoms with Gasteiger partial charge in [0.25, 0.3) is 0 Å². The molecule has 2 heterocycles. The Bertz CT molecular complexity index is 463. The summed E-state index contributed by atoms with van der Waals surface area (Å²) in [6.45, 7) is 4.92. The van der Waals surface area contributed by atoms with Gasteiger partial charge in [-0.05, 0) is 19.9 Å². The molecule has 0 aliphatic carbocycles. The molecule has 0 fully saturated rings. The maximum absolute atomic E-state index is 5.57. The first kappa shape index (κ1) is 12.2. The second-order valence-corrected chi connectivity index (χ2v) is 4.41. The molecule has 7 heteroatoms. The molecule has 6 nitrogen and oxygen atoms in total. The first-order valence-electron chi connectivity index (χ1n) is 5.51. The van der Waals surface area contributed by atoms with E-state index in [0.717, 1.165) is 30.0 Å². The van der Waals surface area contributed by atoms with Gasteiger partial charge in [-0.2, -0.15) is 13.8 Å². The zero-order valence-corrected chi connectivity index (χ0v) is 10.7. The maximum Gasteiger partial charge on any atom is 0.0929 e. The summed E-state index contributed by atoms with van der Waals surface area (Å²) in [4.78, 5) is 0. The van der Waals surface area contributed by atoms with Crippen molar-refractivity contribution >= 4 is 11.7 Å². The average Bonchev–Trinajstić information content (AvgIpc) is 2.94. The van der Waals surface area contributed by atoms with E-state index in [4.69, 9.17) is 5.84 Å². The molecular weight excluding hydrogens is 236 g/mol. The number of aromatic nitrogens is 4. The number of nitrogens with two attached hydrogens (primary N) is 1. The Labute approximate surface area is 104 Å². The zero-order chi connectivity index (χ0) is 12.3. The molecule has 2 aromatic heterocycles. The second-order valence-electron chi connectivity index (χ2n) is 3.85. The van der Waals surface area contributed by atoms with Crippen molar-refractivity contribution in [3.8, 4) is 0 Å². The molecule has 3 N–H and O–H groups in total. The lowest BCUT2D eigenvalue weighted by Crippen LogP contribution is -2.30. The predicted octanol–water partition coefficient (Wildman–Crippen LogP) is 0.810. The van der Waals surface area contributed by atoms with E-state index in [1.54, 1.807) is 6.20 Å². The van der Waals surface area contributed by atoms with E-state index >= 15 is 0 Å². The van der Waals surface area contributed by atoms with E-state index in [2.05, 4.69) is 32.3 Å². The van der Waals surface area contributed by atoms with Crippen LogP contribution in [0.5, 0.6) is 0 Å². The van der Waals surface area contributed by atoms with Gasteiger partial charge in [-0.25, -0.2) is 0 Å². The van der Waals surface area contributed by atoms with Gasteiger partial charge in [-0.15, -0.1) is 0 Å². The van der Waals surface area contributed by atoms with Crippen molar-refractivity contribution in [1.82, 2.24) is 24.0 Å². The number of hydrogen-bond acceptors (Lipinski definition) is 6. The van der Waals surface area contributed by atoms with Crippen LogP contribution in [0.3, 0.4) is 0 Å². The summed E-state index contributed by atoms with van der Waals surface area (Å²) in [5.41, 5.74) is 5.83. The monoisotopic (exact) mass is 252 g/mol. The van der Waals surface area contributed by atoms with E-state index in [9.17, 15) is 0 Å². The van der Waals surface area contributed by atoms with Crippen molar-refractivity contribution in [2.24, 2.45) is 5.84 Å². The Morgan fingerprint density at radius 2 is 2.41 bits per heavy atom. The van der Waals surface area contributed by atoms with Crippen LogP contribution in [0.4, 0.5) is 0 Å². The van der Waals surface area contributed by atoms with Crippen LogP contribution < -0.4 is 11.3 Å². The number of hydrazine groups is 1. The highest BCUT2D eigenvalue weighted by molar-refractivity contribution is 6.99. The van der Waals surface area contributed by atoms with E-state index in [1.807, 2.05) is 11.6 Å². The van der Waals surface area contributed by atoms with Gasteiger partial charge < -0.3 is 0 Å². The Hall–Kier alpha value is -1.31. The summed E-state index contributed by atoms with van der Waals surface area (Å²) >= 11 is 1.19. The molecule has 2 aromatic rings. The molecule has 0 spiro atoms. The van der Waals surface area contributed by atoms with Crippen molar-refractivity contribution in [3.05, 3.63) is 29.3 Å². The van der Waals surface area contributed by atoms with Crippen LogP contribution in [0, 0.1) is 6.92 Å². The summed E-state index contributed by atoms with van der Waals surface area (Å²) in [6, 6.07) is 2.06. The van der Waals surface area contributed by atoms with Crippen LogP contribution in [-0.4, -0.2) is 18.5 Å². The highest BCUT2D eigenvalue weighted by Gasteiger charge is 2.16. The molecule has 0 aliphatic rings. The number of hydrogen-bond donors (Lipinski definition) is 2. The third-order valence-electron chi connectivity index (χ3n) is 2.63. The van der Waals surface area contributed by atoms with Gasteiger partial charge in [-0.1, -0.05) is 0 Å². The van der Waals surface area contributed by atoms with Gasteiger partial charge in [0, 0.05) is 18.7 Å². The Kier molecular flexibility index (Phi) is 3.82. The van der Waals surface area contributed by atoms with Crippen molar-refractivity contribution < 1.29 is 0 Å². The van der Waals surface area contributed by atoms with Gasteiger partial charge in [0.1, 0.15) is 0 Å². The second kappa shape index (κ2) is 5.35. The van der Waals surface area contributed by atoms with Gasteiger partial charge in [0.15, 0.2) is 0 Å². The van der Waals surface area contributed by atoms with Crippen molar-refractivity contribution in [2.45, 2.75) is 32.9 Å². The first-order chi connectivity index (χ1) is 8.24. The van der Waals surface area contributed by atoms with Gasteiger partial charge in [0.05, 0.1) is 35.4 Å². The molecule has 0 bridgehead atoms. The molecule has 0 radical (unpaired) electrons. The third-order valence-corrected chi connectivity index (χ3v) is 3.13. The number of nitrogens with zero attached hydrogens (tertiary/aromatic N) is 4. The minimum absolute atomic E-state index is 0.0184. The van der Waals surface area contributed by atoms with Crippen LogP contribution in [0.1, 0.15) is 30.0 Å². The molecule has 0 amide bonds. The number of aryl methyl sites for hydroxylation is 2. The summed E-state index contributed by atoms with van der Waals surface area (Å²) in [7, 11) is 0. The van der Waals surface area contributed by atoms with Crippen LogP contribution in [0.25, 0.3) is 0 Å². The van der Waals surface area contributed by atoms with Crippen LogP contribution in [-0.2, 0) is 13.0 Å². The molecule has 1 unspecified atom stereocenters. The highest BCUT2D eigenvalue weighted by atomic mass is 32.1. The fourth-order valence-corrected chi connectivity index (χ4v) is 2.29. The smallest absolute Gasteiger partial charge is 0.0929 e. The average molecular weight is 252 g/mol. The largest absolute Gasteiger partial charge is 0.271 e. The quantitative estimate of drug-likeness (QED) is 0.608. The standard InChI is InChI=1S/C10H16N6S/c1-3-16-8(4-7(2)14-16)5-9(13-11)10-6-12-17-15-10/h4,6,9,13H,3,5,11H2,1-2H3. The molecule has 17 heavy (non-hydrogen) atoms. The van der Waals surface area contributed by atoms with Gasteiger partial charge in [-0.3, -0.25) is 16.0 Å². The molecule has 0 aromatic carbocycles. The summed E-state index contributed by atoms with van der Waals surface area (Å²) in [5.74, 6) is 5.57. The minimum atomic E-state index is -0.0184. The van der Waals surface area contributed by atoms with Gasteiger partial charge >= 0.3 is 0 Å². The van der Waals surface area contributed by atoms with Crippen molar-refractivity contribution in [2.75, 3.05) is 0 Å². The lowest BCUT2D eigenvalue weighted by atomic mass is 10.1. The van der Waals surface area contributed by atoms with Crippen LogP contribution in [0.2, 0.25) is 0 Å². The topological polar surface area (TPSA) is 81.7 Å². The van der Waals surface area contributed by atoms with E-state index in [0.29, 0.717) is 0 Å². The number of nitrogens with one attached hydrogen (secondary N) is 1. The predicted molar refractivity (Wildman–Crippen MR) is 66.3 cm³/mol. The van der Waals surface area contributed by atoms with E-state index < -0.39 is 0 Å². The lowest BCUT2D eigenvalue weighted by molar-refractivity contribution is 0.510. The van der Waals surface area contributed by atoms with Crippen LogP contribution in [0.15, 0.2) is 12.3 Å². The van der Waals surface area contributed by atoms with E-state index in [-0.39, 0.29) is 6.04 Å². The molecule has 1 atom stereocenters. The summed E-state index contributed by atoms with van der Waals surface area (Å²) in [6.07, 6.45) is 2.51. The number of rotatable bonds is 5. The highest BCUT2D eigenvalue weighted by Crippen LogP contribution is 2.16. The first-order valence-corrected chi connectivity index (χ1v) is 6.24. The molecule has 0 saturated heterocycles. The Morgan fingerprint density at radius 1 is 1.59 bits per heavy atom. The van der Waals surface area contributed by atoms with Crippen molar-refractivity contribution in [3.63, 3.8) is 0 Å². The lowest BCUT2D eigenvalue weighted by Gasteiger charge is -2.13. The normalized spacial score (nSPS) is 12.9. The van der Waals surface area contributed by atoms with Crippen LogP contribution >= 0.6 is 11.7 Å².